The van der Waals surface area contributed by atoms with Gasteiger partial charge < -0.3 is 11.1 Å². The summed E-state index contributed by atoms with van der Waals surface area (Å²) >= 11 is 5.85. The average Bonchev–Trinajstić information content (AvgIpc) is 2.23. The van der Waals surface area contributed by atoms with Crippen molar-refractivity contribution in [2.75, 3.05) is 6.54 Å². The van der Waals surface area contributed by atoms with Crippen LogP contribution >= 0.6 is 38.5 Å². The highest BCUT2D eigenvalue weighted by Crippen LogP contribution is 2.18. The van der Waals surface area contributed by atoms with E-state index in [4.69, 9.17) is 5.73 Å². The molecule has 0 aliphatic rings. The molecule has 0 fully saturated rings. The first-order chi connectivity index (χ1) is 7.54. The molecule has 2 nitrogen and oxygen atoms in total. The van der Waals surface area contributed by atoms with Gasteiger partial charge in [-0.1, -0.05) is 29.8 Å². The van der Waals surface area contributed by atoms with Crippen molar-refractivity contribution in [3.05, 3.63) is 31.8 Å². The maximum atomic E-state index is 5.73. The van der Waals surface area contributed by atoms with E-state index in [1.54, 1.807) is 0 Å². The predicted octanol–water partition coefficient (Wildman–Crippen LogP) is 3.13. The Morgan fingerprint density at radius 2 is 2.12 bits per heavy atom. The Labute approximate surface area is 120 Å². The summed E-state index contributed by atoms with van der Waals surface area (Å²) in [5, 5.41) is 3.50. The highest BCUT2D eigenvalue weighted by molar-refractivity contribution is 14.1. The van der Waals surface area contributed by atoms with Crippen LogP contribution < -0.4 is 11.1 Å². The van der Waals surface area contributed by atoms with Gasteiger partial charge in [0.05, 0.1) is 0 Å². The van der Waals surface area contributed by atoms with Crippen molar-refractivity contribution < 1.29 is 0 Å². The first-order valence-corrected chi connectivity index (χ1v) is 7.29. The second-order valence-electron chi connectivity index (χ2n) is 4.20. The van der Waals surface area contributed by atoms with Gasteiger partial charge in [-0.2, -0.15) is 0 Å². The highest BCUT2D eigenvalue weighted by Gasteiger charge is 2.11. The molecule has 0 aliphatic carbocycles. The lowest BCUT2D eigenvalue weighted by Crippen LogP contribution is -2.39. The van der Waals surface area contributed by atoms with Crippen LogP contribution in [0.1, 0.15) is 19.4 Å². The molecule has 1 atom stereocenters. The molecule has 1 aromatic carbocycles. The first-order valence-electron chi connectivity index (χ1n) is 5.42. The minimum absolute atomic E-state index is 0.384. The van der Waals surface area contributed by atoms with E-state index in [-0.39, 0.29) is 0 Å². The van der Waals surface area contributed by atoms with Gasteiger partial charge in [0.1, 0.15) is 0 Å². The zero-order chi connectivity index (χ0) is 12.1. The normalized spacial score (nSPS) is 13.1. The van der Waals surface area contributed by atoms with E-state index in [1.807, 2.05) is 0 Å². The Morgan fingerprint density at radius 3 is 2.69 bits per heavy atom. The standard InChI is InChI=1S/C12H18BrIN2/c1-8(2)12(6-15)16-7-9-5-10(13)3-4-11(9)14/h3-5,8,12,16H,6-7,15H2,1-2H3. The molecule has 0 heterocycles. The number of hydrogen-bond donors (Lipinski definition) is 2. The van der Waals surface area contributed by atoms with Crippen LogP contribution in [0.2, 0.25) is 0 Å². The Morgan fingerprint density at radius 1 is 1.44 bits per heavy atom. The molecule has 0 aliphatic heterocycles. The molecule has 1 rings (SSSR count). The maximum absolute atomic E-state index is 5.73. The van der Waals surface area contributed by atoms with Gasteiger partial charge in [0, 0.05) is 27.2 Å². The lowest BCUT2D eigenvalue weighted by Gasteiger charge is -2.21. The van der Waals surface area contributed by atoms with Crippen LogP contribution in [0, 0.1) is 9.49 Å². The molecule has 90 valence electrons. The van der Waals surface area contributed by atoms with Crippen molar-refractivity contribution >= 4 is 38.5 Å². The largest absolute Gasteiger partial charge is 0.329 e. The molecular weight excluding hydrogens is 379 g/mol. The second-order valence-corrected chi connectivity index (χ2v) is 6.28. The third-order valence-electron chi connectivity index (χ3n) is 2.62. The zero-order valence-electron chi connectivity index (χ0n) is 9.63. The molecule has 1 aromatic rings. The van der Waals surface area contributed by atoms with Gasteiger partial charge in [-0.25, -0.2) is 0 Å². The number of nitrogens with two attached hydrogens (primary N) is 1. The molecule has 3 N–H and O–H groups in total. The Bertz CT molecular complexity index is 342. The smallest absolute Gasteiger partial charge is 0.0219 e. The van der Waals surface area contributed by atoms with E-state index >= 15 is 0 Å². The number of hydrogen-bond acceptors (Lipinski definition) is 2. The molecule has 4 heteroatoms. The molecule has 1 unspecified atom stereocenters. The molecule has 0 amide bonds. The van der Waals surface area contributed by atoms with Crippen molar-refractivity contribution in [1.82, 2.24) is 5.32 Å². The fourth-order valence-electron chi connectivity index (χ4n) is 1.51. The van der Waals surface area contributed by atoms with E-state index in [1.165, 1.54) is 9.13 Å². The van der Waals surface area contributed by atoms with E-state index in [9.17, 15) is 0 Å². The fourth-order valence-corrected chi connectivity index (χ4v) is 2.45. The molecule has 0 saturated carbocycles. The summed E-state index contributed by atoms with van der Waals surface area (Å²) in [6, 6.07) is 6.72. The van der Waals surface area contributed by atoms with Gasteiger partial charge in [-0.3, -0.25) is 0 Å². The van der Waals surface area contributed by atoms with Crippen LogP contribution in [0.25, 0.3) is 0 Å². The number of rotatable bonds is 5. The summed E-state index contributed by atoms with van der Waals surface area (Å²) in [5.41, 5.74) is 7.05. The fraction of sp³-hybridized carbons (Fsp3) is 0.500. The molecule has 0 spiro atoms. The van der Waals surface area contributed by atoms with Crippen molar-refractivity contribution in [1.29, 1.82) is 0 Å². The van der Waals surface area contributed by atoms with E-state index in [2.05, 4.69) is 75.9 Å². The molecule has 0 radical (unpaired) electrons. The van der Waals surface area contributed by atoms with Crippen molar-refractivity contribution in [3.63, 3.8) is 0 Å². The van der Waals surface area contributed by atoms with Crippen LogP contribution in [0.3, 0.4) is 0 Å². The maximum Gasteiger partial charge on any atom is 0.0219 e. The lowest BCUT2D eigenvalue weighted by atomic mass is 10.0. The highest BCUT2D eigenvalue weighted by atomic mass is 127. The number of benzene rings is 1. The second kappa shape index (κ2) is 6.93. The van der Waals surface area contributed by atoms with E-state index in [0.717, 1.165) is 11.0 Å². The summed E-state index contributed by atoms with van der Waals surface area (Å²) in [6.07, 6.45) is 0. The molecule has 0 aromatic heterocycles. The van der Waals surface area contributed by atoms with Crippen LogP contribution in [0.15, 0.2) is 22.7 Å². The predicted molar refractivity (Wildman–Crippen MR) is 81.4 cm³/mol. The third-order valence-corrected chi connectivity index (χ3v) is 4.17. The Hall–Kier alpha value is 0.350. The average molecular weight is 397 g/mol. The van der Waals surface area contributed by atoms with Gasteiger partial charge in [-0.05, 0) is 52.3 Å². The van der Waals surface area contributed by atoms with Crippen molar-refractivity contribution in [2.24, 2.45) is 11.7 Å². The van der Waals surface area contributed by atoms with Gasteiger partial charge in [0.25, 0.3) is 0 Å². The third kappa shape index (κ3) is 4.31. The van der Waals surface area contributed by atoms with Crippen LogP contribution in [0.5, 0.6) is 0 Å². The van der Waals surface area contributed by atoms with E-state index in [0.29, 0.717) is 18.5 Å². The van der Waals surface area contributed by atoms with Crippen molar-refractivity contribution in [2.45, 2.75) is 26.4 Å². The molecule has 0 bridgehead atoms. The number of nitrogens with one attached hydrogen (secondary N) is 1. The summed E-state index contributed by atoms with van der Waals surface area (Å²) in [7, 11) is 0. The van der Waals surface area contributed by atoms with E-state index < -0.39 is 0 Å². The minimum Gasteiger partial charge on any atom is -0.329 e. The summed E-state index contributed by atoms with van der Waals surface area (Å²) in [5.74, 6) is 0.565. The molecular formula is C12H18BrIN2. The lowest BCUT2D eigenvalue weighted by molar-refractivity contribution is 0.404. The van der Waals surface area contributed by atoms with Gasteiger partial charge >= 0.3 is 0 Å². The monoisotopic (exact) mass is 396 g/mol. The van der Waals surface area contributed by atoms with Gasteiger partial charge in [0.15, 0.2) is 0 Å². The molecule has 0 saturated heterocycles. The van der Waals surface area contributed by atoms with Crippen molar-refractivity contribution in [3.8, 4) is 0 Å². The van der Waals surface area contributed by atoms with Gasteiger partial charge in [0.2, 0.25) is 0 Å². The summed E-state index contributed by atoms with van der Waals surface area (Å²) in [4.78, 5) is 0. The molecule has 16 heavy (non-hydrogen) atoms. The first kappa shape index (κ1) is 14.4. The van der Waals surface area contributed by atoms with Crippen LogP contribution in [0.4, 0.5) is 0 Å². The van der Waals surface area contributed by atoms with Crippen LogP contribution in [-0.2, 0) is 6.54 Å². The quantitative estimate of drug-likeness (QED) is 0.750. The topological polar surface area (TPSA) is 38.0 Å². The van der Waals surface area contributed by atoms with Gasteiger partial charge in [-0.15, -0.1) is 0 Å². The minimum atomic E-state index is 0.384. The van der Waals surface area contributed by atoms with Crippen LogP contribution in [-0.4, -0.2) is 12.6 Å². The summed E-state index contributed by atoms with van der Waals surface area (Å²) < 4.78 is 2.41. The Kier molecular flexibility index (Phi) is 6.25. The summed E-state index contributed by atoms with van der Waals surface area (Å²) in [6.45, 7) is 5.94. The number of halogens is 2. The zero-order valence-corrected chi connectivity index (χ0v) is 13.4. The Balaban J connectivity index is 2.63. The SMILES string of the molecule is CC(C)C(CN)NCc1cc(Br)ccc1I.